The molecule has 1 N–H and O–H groups in total. The molecule has 2 rings (SSSR count). The normalized spacial score (nSPS) is 25.1. The highest BCUT2D eigenvalue weighted by atomic mass is 16.5. The van der Waals surface area contributed by atoms with E-state index in [0.29, 0.717) is 11.9 Å². The SMILES string of the molecule is Cc1nc(CCN2CC(C)(C)NCC2C)no1. The van der Waals surface area contributed by atoms with Crippen molar-refractivity contribution in [2.45, 2.75) is 45.7 Å². The second kappa shape index (κ2) is 4.74. The van der Waals surface area contributed by atoms with Crippen LogP contribution in [0.4, 0.5) is 0 Å². The fraction of sp³-hybridized carbons (Fsp3) is 0.833. The first kappa shape index (κ1) is 12.5. The second-order valence-electron chi connectivity index (χ2n) is 5.56. The van der Waals surface area contributed by atoms with E-state index in [2.05, 4.69) is 41.1 Å². The Morgan fingerprint density at radius 3 is 2.94 bits per heavy atom. The summed E-state index contributed by atoms with van der Waals surface area (Å²) < 4.78 is 4.98. The van der Waals surface area contributed by atoms with Gasteiger partial charge in [0, 0.05) is 44.6 Å². The average Bonchev–Trinajstić information content (AvgIpc) is 2.66. The largest absolute Gasteiger partial charge is 0.340 e. The van der Waals surface area contributed by atoms with Gasteiger partial charge in [0.2, 0.25) is 5.89 Å². The number of rotatable bonds is 3. The lowest BCUT2D eigenvalue weighted by atomic mass is 9.99. The standard InChI is InChI=1S/C12H22N4O/c1-9-7-13-12(3,4)8-16(9)6-5-11-14-10(2)17-15-11/h9,13H,5-8H2,1-4H3. The van der Waals surface area contributed by atoms with Gasteiger partial charge in [-0.15, -0.1) is 0 Å². The number of hydrogen-bond donors (Lipinski definition) is 1. The molecule has 0 amide bonds. The summed E-state index contributed by atoms with van der Waals surface area (Å²) in [6, 6.07) is 0.566. The lowest BCUT2D eigenvalue weighted by Crippen LogP contribution is -2.60. The molecule has 1 aromatic rings. The first-order chi connectivity index (χ1) is 7.96. The first-order valence-electron chi connectivity index (χ1n) is 6.24. The zero-order valence-electron chi connectivity index (χ0n) is 11.2. The monoisotopic (exact) mass is 238 g/mol. The number of aryl methyl sites for hydroxylation is 1. The summed E-state index contributed by atoms with van der Waals surface area (Å²) in [6.07, 6.45) is 0.859. The quantitative estimate of drug-likeness (QED) is 0.851. The van der Waals surface area contributed by atoms with Crippen LogP contribution in [0, 0.1) is 6.92 Å². The van der Waals surface area contributed by atoms with Crippen LogP contribution in [0.25, 0.3) is 0 Å². The molecule has 5 nitrogen and oxygen atoms in total. The van der Waals surface area contributed by atoms with Crippen LogP contribution in [0.15, 0.2) is 4.52 Å². The van der Waals surface area contributed by atoms with Crippen molar-refractivity contribution in [2.24, 2.45) is 0 Å². The lowest BCUT2D eigenvalue weighted by Gasteiger charge is -2.43. The van der Waals surface area contributed by atoms with E-state index in [1.807, 2.05) is 6.92 Å². The summed E-state index contributed by atoms with van der Waals surface area (Å²) in [7, 11) is 0. The maximum atomic E-state index is 4.98. The van der Waals surface area contributed by atoms with E-state index < -0.39 is 0 Å². The number of nitrogens with one attached hydrogen (secondary N) is 1. The van der Waals surface area contributed by atoms with E-state index in [1.54, 1.807) is 0 Å². The summed E-state index contributed by atoms with van der Waals surface area (Å²) >= 11 is 0. The van der Waals surface area contributed by atoms with Crippen LogP contribution in [0.3, 0.4) is 0 Å². The molecule has 1 unspecified atom stereocenters. The van der Waals surface area contributed by atoms with Crippen molar-refractivity contribution in [2.75, 3.05) is 19.6 Å². The molecular formula is C12H22N4O. The van der Waals surface area contributed by atoms with Crippen LogP contribution >= 0.6 is 0 Å². The summed E-state index contributed by atoms with van der Waals surface area (Å²) in [5.74, 6) is 1.46. The van der Waals surface area contributed by atoms with Crippen molar-refractivity contribution in [3.63, 3.8) is 0 Å². The van der Waals surface area contributed by atoms with Gasteiger partial charge in [0.15, 0.2) is 5.82 Å². The van der Waals surface area contributed by atoms with Crippen LogP contribution in [-0.4, -0.2) is 46.3 Å². The molecule has 96 valence electrons. The highest BCUT2D eigenvalue weighted by Crippen LogP contribution is 2.15. The highest BCUT2D eigenvalue weighted by molar-refractivity contribution is 4.92. The molecule has 1 atom stereocenters. The summed E-state index contributed by atoms with van der Waals surface area (Å²) in [5, 5.41) is 7.48. The number of piperazine rings is 1. The van der Waals surface area contributed by atoms with Crippen molar-refractivity contribution in [3.8, 4) is 0 Å². The molecule has 0 spiro atoms. The first-order valence-corrected chi connectivity index (χ1v) is 6.24. The molecule has 0 bridgehead atoms. The predicted octanol–water partition coefficient (Wildman–Crippen LogP) is 0.993. The Bertz CT molecular complexity index is 374. The molecule has 1 saturated heterocycles. The number of hydrogen-bond acceptors (Lipinski definition) is 5. The van der Waals surface area contributed by atoms with Gasteiger partial charge in [-0.05, 0) is 20.8 Å². The second-order valence-corrected chi connectivity index (χ2v) is 5.56. The topological polar surface area (TPSA) is 54.2 Å². The van der Waals surface area contributed by atoms with Crippen LogP contribution < -0.4 is 5.32 Å². The minimum atomic E-state index is 0.194. The molecule has 0 saturated carbocycles. The Balaban J connectivity index is 1.89. The Morgan fingerprint density at radius 2 is 2.29 bits per heavy atom. The highest BCUT2D eigenvalue weighted by Gasteiger charge is 2.29. The number of nitrogens with zero attached hydrogens (tertiary/aromatic N) is 3. The minimum absolute atomic E-state index is 0.194. The minimum Gasteiger partial charge on any atom is -0.340 e. The Labute approximate surface area is 103 Å². The fourth-order valence-electron chi connectivity index (χ4n) is 2.26. The van der Waals surface area contributed by atoms with Gasteiger partial charge in [0.1, 0.15) is 0 Å². The molecule has 5 heteroatoms. The molecule has 0 radical (unpaired) electrons. The molecule has 17 heavy (non-hydrogen) atoms. The predicted molar refractivity (Wildman–Crippen MR) is 65.9 cm³/mol. The van der Waals surface area contributed by atoms with Crippen LogP contribution in [0.5, 0.6) is 0 Å². The third-order valence-corrected chi connectivity index (χ3v) is 3.29. The molecule has 1 aromatic heterocycles. The van der Waals surface area contributed by atoms with Crippen LogP contribution in [0.2, 0.25) is 0 Å². The molecule has 0 aliphatic carbocycles. The maximum absolute atomic E-state index is 4.98. The third-order valence-electron chi connectivity index (χ3n) is 3.29. The van der Waals surface area contributed by atoms with E-state index in [1.165, 1.54) is 0 Å². The van der Waals surface area contributed by atoms with Crippen molar-refractivity contribution in [1.82, 2.24) is 20.4 Å². The Hall–Kier alpha value is -0.940. The third kappa shape index (κ3) is 3.26. The maximum Gasteiger partial charge on any atom is 0.223 e. The Morgan fingerprint density at radius 1 is 1.53 bits per heavy atom. The van der Waals surface area contributed by atoms with Gasteiger partial charge in [-0.1, -0.05) is 5.16 Å². The lowest BCUT2D eigenvalue weighted by molar-refractivity contribution is 0.105. The van der Waals surface area contributed by atoms with E-state index in [0.717, 1.165) is 31.9 Å². The molecule has 1 aliphatic heterocycles. The van der Waals surface area contributed by atoms with Crippen LogP contribution in [0.1, 0.15) is 32.5 Å². The van der Waals surface area contributed by atoms with Crippen molar-refractivity contribution >= 4 is 0 Å². The van der Waals surface area contributed by atoms with Gasteiger partial charge in [-0.25, -0.2) is 0 Å². The zero-order valence-corrected chi connectivity index (χ0v) is 11.2. The van der Waals surface area contributed by atoms with Gasteiger partial charge >= 0.3 is 0 Å². The van der Waals surface area contributed by atoms with Crippen molar-refractivity contribution < 1.29 is 4.52 Å². The Kier molecular flexibility index (Phi) is 3.49. The fourth-order valence-corrected chi connectivity index (χ4v) is 2.26. The van der Waals surface area contributed by atoms with Gasteiger partial charge in [0.25, 0.3) is 0 Å². The van der Waals surface area contributed by atoms with Gasteiger partial charge in [-0.2, -0.15) is 4.98 Å². The molecular weight excluding hydrogens is 216 g/mol. The smallest absolute Gasteiger partial charge is 0.223 e. The number of aromatic nitrogens is 2. The zero-order chi connectivity index (χ0) is 12.5. The summed E-state index contributed by atoms with van der Waals surface area (Å²) in [6.45, 7) is 11.7. The van der Waals surface area contributed by atoms with Gasteiger partial charge in [-0.3, -0.25) is 4.90 Å². The van der Waals surface area contributed by atoms with E-state index in [4.69, 9.17) is 4.52 Å². The summed E-state index contributed by atoms with van der Waals surface area (Å²) in [4.78, 5) is 6.72. The summed E-state index contributed by atoms with van der Waals surface area (Å²) in [5.41, 5.74) is 0.194. The van der Waals surface area contributed by atoms with E-state index >= 15 is 0 Å². The van der Waals surface area contributed by atoms with E-state index in [-0.39, 0.29) is 5.54 Å². The molecule has 1 fully saturated rings. The van der Waals surface area contributed by atoms with Crippen molar-refractivity contribution in [1.29, 1.82) is 0 Å². The van der Waals surface area contributed by atoms with E-state index in [9.17, 15) is 0 Å². The molecule has 0 aromatic carbocycles. The van der Waals surface area contributed by atoms with Gasteiger partial charge < -0.3 is 9.84 Å². The van der Waals surface area contributed by atoms with Crippen LogP contribution in [-0.2, 0) is 6.42 Å². The molecule has 2 heterocycles. The van der Waals surface area contributed by atoms with Gasteiger partial charge in [0.05, 0.1) is 0 Å². The van der Waals surface area contributed by atoms with Crippen molar-refractivity contribution in [3.05, 3.63) is 11.7 Å². The average molecular weight is 238 g/mol. The molecule has 1 aliphatic rings.